The predicted octanol–water partition coefficient (Wildman–Crippen LogP) is -1.75. The molecule has 0 aliphatic carbocycles. The van der Waals surface area contributed by atoms with E-state index in [2.05, 4.69) is 0 Å². The molecule has 0 bridgehead atoms. The first-order valence-electron chi connectivity index (χ1n) is 6.17. The average molecular weight is 326 g/mol. The normalized spacial score (nSPS) is 29.0. The van der Waals surface area contributed by atoms with E-state index in [1.807, 2.05) is 0 Å². The molecule has 2 heterocycles. The molecule has 4 N–H and O–H groups in total. The first-order chi connectivity index (χ1) is 10.1. The Morgan fingerprint density at radius 3 is 2.41 bits per heavy atom. The number of hydrogen-bond acceptors (Lipinski definition) is 6. The summed E-state index contributed by atoms with van der Waals surface area (Å²) < 4.78 is 42.4. The Balaban J connectivity index is 2.42. The van der Waals surface area contributed by atoms with E-state index in [1.165, 1.54) is 0 Å². The summed E-state index contributed by atoms with van der Waals surface area (Å²) >= 11 is 0. The molecule has 0 spiro atoms. The molecule has 1 aromatic heterocycles. The Bertz CT molecular complexity index is 654. The van der Waals surface area contributed by atoms with Crippen molar-refractivity contribution in [1.29, 1.82) is 0 Å². The van der Waals surface area contributed by atoms with Gasteiger partial charge in [0.25, 0.3) is 5.56 Å². The minimum atomic E-state index is -4.69. The minimum Gasteiger partial charge on any atom is -0.394 e. The highest BCUT2D eigenvalue weighted by Gasteiger charge is 2.44. The van der Waals surface area contributed by atoms with E-state index < -0.39 is 60.6 Å². The van der Waals surface area contributed by atoms with Crippen molar-refractivity contribution in [1.82, 2.24) is 9.55 Å². The third-order valence-electron chi connectivity index (χ3n) is 3.24. The Kier molecular flexibility index (Phi) is 4.42. The van der Waals surface area contributed by atoms with Gasteiger partial charge >= 0.3 is 11.9 Å². The first-order valence-corrected chi connectivity index (χ1v) is 6.17. The van der Waals surface area contributed by atoms with Crippen molar-refractivity contribution >= 4 is 0 Å². The van der Waals surface area contributed by atoms with Gasteiger partial charge in [0.2, 0.25) is 0 Å². The van der Waals surface area contributed by atoms with Gasteiger partial charge in [0.15, 0.2) is 0 Å². The number of H-pyrrole nitrogens is 1. The number of nitrogens with zero attached hydrogens (tertiary/aromatic N) is 1. The Hall–Kier alpha value is -1.69. The van der Waals surface area contributed by atoms with Crippen LogP contribution in [0.1, 0.15) is 11.7 Å². The van der Waals surface area contributed by atoms with Crippen molar-refractivity contribution in [2.24, 2.45) is 0 Å². The fourth-order valence-corrected chi connectivity index (χ4v) is 2.20. The Morgan fingerprint density at radius 1 is 1.27 bits per heavy atom. The zero-order valence-electron chi connectivity index (χ0n) is 10.9. The van der Waals surface area contributed by atoms with Crippen LogP contribution in [0.2, 0.25) is 0 Å². The van der Waals surface area contributed by atoms with Crippen LogP contribution in [0.4, 0.5) is 13.2 Å². The summed E-state index contributed by atoms with van der Waals surface area (Å²) in [6.07, 6.45) is -9.87. The lowest BCUT2D eigenvalue weighted by molar-refractivity contribution is -0.141. The van der Waals surface area contributed by atoms with E-state index in [-0.39, 0.29) is 4.57 Å². The molecule has 8 nitrogen and oxygen atoms in total. The maximum absolute atomic E-state index is 12.4. The average Bonchev–Trinajstić information content (AvgIpc) is 2.68. The number of aromatic amines is 1. The van der Waals surface area contributed by atoms with Crippen LogP contribution >= 0.6 is 0 Å². The molecule has 124 valence electrons. The number of ether oxygens (including phenoxy) is 1. The summed E-state index contributed by atoms with van der Waals surface area (Å²) in [5.41, 5.74) is -2.76. The van der Waals surface area contributed by atoms with Crippen LogP contribution in [-0.4, -0.2) is 56.0 Å². The van der Waals surface area contributed by atoms with Gasteiger partial charge in [0.05, 0.1) is 12.2 Å². The summed E-state index contributed by atoms with van der Waals surface area (Å²) in [6, 6.07) is 0. The minimum absolute atomic E-state index is 0.214. The molecule has 0 radical (unpaired) electrons. The molecule has 22 heavy (non-hydrogen) atoms. The highest BCUT2D eigenvalue weighted by Crippen LogP contribution is 2.31. The van der Waals surface area contributed by atoms with Gasteiger partial charge in [-0.25, -0.2) is 4.79 Å². The van der Waals surface area contributed by atoms with Gasteiger partial charge in [0.1, 0.15) is 31.0 Å². The lowest BCUT2D eigenvalue weighted by atomic mass is 10.0. The van der Waals surface area contributed by atoms with Crippen molar-refractivity contribution in [3.8, 4) is 0 Å². The Labute approximate surface area is 120 Å². The highest BCUT2D eigenvalue weighted by molar-refractivity contribution is 5.14. The summed E-state index contributed by atoms with van der Waals surface area (Å²) in [4.78, 5) is 24.8. The number of hydrogen-bond donors (Lipinski definition) is 4. The molecule has 1 aliphatic rings. The summed E-state index contributed by atoms with van der Waals surface area (Å²) in [7, 11) is 0. The van der Waals surface area contributed by atoms with Crippen LogP contribution in [0.15, 0.2) is 15.8 Å². The third kappa shape index (κ3) is 3.21. The molecule has 1 aliphatic heterocycles. The van der Waals surface area contributed by atoms with Crippen molar-refractivity contribution < 1.29 is 33.2 Å². The van der Waals surface area contributed by atoms with Gasteiger partial charge in [-0.2, -0.15) is 13.2 Å². The first kappa shape index (κ1) is 16.7. The monoisotopic (exact) mass is 326 g/mol. The van der Waals surface area contributed by atoms with Crippen molar-refractivity contribution in [2.75, 3.05) is 6.61 Å². The molecule has 0 saturated carbocycles. The number of halogens is 3. The van der Waals surface area contributed by atoms with E-state index in [4.69, 9.17) is 9.84 Å². The lowest BCUT2D eigenvalue weighted by Gasteiger charge is -2.16. The number of alkyl halides is 3. The zero-order valence-corrected chi connectivity index (χ0v) is 10.9. The number of aliphatic hydroxyl groups is 3. The van der Waals surface area contributed by atoms with Crippen molar-refractivity contribution in [3.05, 3.63) is 32.6 Å². The van der Waals surface area contributed by atoms with Gasteiger partial charge < -0.3 is 20.1 Å². The van der Waals surface area contributed by atoms with E-state index in [9.17, 15) is 33.0 Å². The third-order valence-corrected chi connectivity index (χ3v) is 3.24. The van der Waals surface area contributed by atoms with Crippen LogP contribution in [0.5, 0.6) is 0 Å². The topological polar surface area (TPSA) is 125 Å². The molecule has 11 heteroatoms. The molecule has 0 aromatic carbocycles. The number of rotatable bonds is 3. The molecule has 1 fully saturated rings. The molecule has 0 amide bonds. The summed E-state index contributed by atoms with van der Waals surface area (Å²) in [6.45, 7) is -2.29. The number of aliphatic hydroxyl groups excluding tert-OH is 3. The van der Waals surface area contributed by atoms with Crippen molar-refractivity contribution in [2.45, 2.75) is 37.1 Å². The van der Waals surface area contributed by atoms with E-state index >= 15 is 0 Å². The fourth-order valence-electron chi connectivity index (χ4n) is 2.20. The van der Waals surface area contributed by atoms with E-state index in [0.29, 0.717) is 6.20 Å². The predicted molar refractivity (Wildman–Crippen MR) is 64.1 cm³/mol. The highest BCUT2D eigenvalue weighted by atomic mass is 19.4. The van der Waals surface area contributed by atoms with Crippen LogP contribution in [0, 0.1) is 0 Å². The van der Waals surface area contributed by atoms with Crippen LogP contribution < -0.4 is 11.2 Å². The quantitative estimate of drug-likeness (QED) is 0.522. The van der Waals surface area contributed by atoms with E-state index in [0.717, 1.165) is 0 Å². The molecule has 1 aromatic rings. The van der Waals surface area contributed by atoms with Gasteiger partial charge in [-0.05, 0) is 0 Å². The standard InChI is InChI=1S/C11H13F3N2O6/c12-11(13,14)3-16-1-4(9(20)15-10(16)21)8-7(19)6(18)5(2-17)22-8/h1,5-8,17-19H,2-3H2,(H,15,20,21)/t5?,6?,7?,8-/m0/s1. The second-order valence-electron chi connectivity index (χ2n) is 4.85. The molecule has 4 atom stereocenters. The molecule has 1 saturated heterocycles. The van der Waals surface area contributed by atoms with Gasteiger partial charge in [0, 0.05) is 6.20 Å². The molecular formula is C11H13F3N2O6. The van der Waals surface area contributed by atoms with Gasteiger partial charge in [-0.15, -0.1) is 0 Å². The number of nitrogens with one attached hydrogen (secondary N) is 1. The maximum atomic E-state index is 12.4. The second kappa shape index (κ2) is 5.83. The van der Waals surface area contributed by atoms with Gasteiger partial charge in [-0.3, -0.25) is 14.3 Å². The second-order valence-corrected chi connectivity index (χ2v) is 4.85. The van der Waals surface area contributed by atoms with Crippen LogP contribution in [-0.2, 0) is 11.3 Å². The smallest absolute Gasteiger partial charge is 0.394 e. The molecular weight excluding hydrogens is 313 g/mol. The zero-order chi connectivity index (χ0) is 16.7. The maximum Gasteiger partial charge on any atom is 0.406 e. The lowest BCUT2D eigenvalue weighted by Crippen LogP contribution is -2.38. The van der Waals surface area contributed by atoms with Crippen molar-refractivity contribution in [3.63, 3.8) is 0 Å². The van der Waals surface area contributed by atoms with E-state index in [1.54, 1.807) is 4.98 Å². The van der Waals surface area contributed by atoms with Gasteiger partial charge in [-0.1, -0.05) is 0 Å². The van der Waals surface area contributed by atoms with Crippen LogP contribution in [0.3, 0.4) is 0 Å². The molecule has 3 unspecified atom stereocenters. The fraction of sp³-hybridized carbons (Fsp3) is 0.636. The summed E-state index contributed by atoms with van der Waals surface area (Å²) in [5, 5.41) is 28.3. The molecule has 2 rings (SSSR count). The largest absolute Gasteiger partial charge is 0.406 e. The van der Waals surface area contributed by atoms with Crippen LogP contribution in [0.25, 0.3) is 0 Å². The Morgan fingerprint density at radius 2 is 1.91 bits per heavy atom. The summed E-state index contributed by atoms with van der Waals surface area (Å²) in [5.74, 6) is 0. The number of aromatic nitrogens is 2. The SMILES string of the molecule is O=c1[nH]c(=O)n(CC(F)(F)F)cc1[C@@H]1OC(CO)C(O)C1O.